The zero-order valence-electron chi connectivity index (χ0n) is 60.2. The smallest absolute Gasteiger partial charge is 0.333 e. The highest BCUT2D eigenvalue weighted by Crippen LogP contribution is 2.33. The van der Waals surface area contributed by atoms with Crippen LogP contribution in [0.4, 0.5) is 0 Å². The van der Waals surface area contributed by atoms with E-state index in [4.69, 9.17) is 62.9 Å². The molecule has 3 N–H and O–H groups in total. The molecule has 7 unspecified atom stereocenters. The molecule has 0 amide bonds. The summed E-state index contributed by atoms with van der Waals surface area (Å²) in [4.78, 5) is 47.0. The second kappa shape index (κ2) is 42.7. The predicted octanol–water partition coefficient (Wildman–Crippen LogP) is 11.9. The molecular weight excluding hydrogens is 1290 g/mol. The van der Waals surface area contributed by atoms with Gasteiger partial charge in [-0.05, 0) is 208 Å². The summed E-state index contributed by atoms with van der Waals surface area (Å²) in [6.07, 6.45) is 0.794. The number of allylic oxidation sites excluding steroid dienone is 1. The van der Waals surface area contributed by atoms with Crippen molar-refractivity contribution in [3.63, 3.8) is 0 Å². The van der Waals surface area contributed by atoms with Crippen LogP contribution in [0.5, 0.6) is 0 Å². The zero-order valence-corrected chi connectivity index (χ0v) is 68.2. The average Bonchev–Trinajstić information content (AvgIpc) is 1.42. The minimum absolute atomic E-state index is 0.0267. The molecule has 21 nitrogen and oxygen atoms in total. The van der Waals surface area contributed by atoms with Crippen LogP contribution in [0.15, 0.2) is 48.6 Å². The maximum absolute atomic E-state index is 12.3. The fourth-order valence-corrected chi connectivity index (χ4v) is 38.4. The van der Waals surface area contributed by atoms with E-state index in [0.29, 0.717) is 81.8 Å². The van der Waals surface area contributed by atoms with Crippen LogP contribution in [-0.4, -0.2) is 209 Å². The van der Waals surface area contributed by atoms with E-state index in [2.05, 4.69) is 138 Å². The quantitative estimate of drug-likeness (QED) is 0.0128. The van der Waals surface area contributed by atoms with Crippen LogP contribution < -0.4 is 0 Å². The SMILES string of the molecule is C=C(C)C(=O)CCC(O)COCCC[Si](C)(OC(COCCC[Si](C)(O[Si](C)(C)C)O[Si](C)(C)C)COC(=O)C(=C)C)O[Si](C)(C)C.C=C(C)C(=O)OCC(O)COCCCC(C)(O[Si](C)(C)C)O[Si](C)(CCCOCC(O)COC(=O)C(=C)C)O[Si](C)(C)C. The average molecular weight is 1420 g/mol. The third-order valence-corrected chi connectivity index (χ3v) is 35.0. The molecule has 528 valence electrons. The molecule has 0 heterocycles. The summed E-state index contributed by atoms with van der Waals surface area (Å²) in [7, 11) is -17.5. The van der Waals surface area contributed by atoms with Gasteiger partial charge in [0, 0.05) is 56.0 Å². The fourth-order valence-electron chi connectivity index (χ4n) is 9.09. The Bertz CT molecular complexity index is 2090. The predicted molar refractivity (Wildman–Crippen MR) is 377 cm³/mol. The number of rotatable bonds is 51. The van der Waals surface area contributed by atoms with Crippen LogP contribution in [0.2, 0.25) is 136 Å². The Morgan fingerprint density at radius 3 is 1.11 bits per heavy atom. The van der Waals surface area contributed by atoms with Gasteiger partial charge in [-0.3, -0.25) is 4.79 Å². The largest absolute Gasteiger partial charge is 0.460 e. The van der Waals surface area contributed by atoms with E-state index in [1.165, 1.54) is 0 Å². The summed E-state index contributed by atoms with van der Waals surface area (Å²) in [6, 6.07) is 2.15. The Kier molecular flexibility index (Phi) is 42.8. The van der Waals surface area contributed by atoms with Crippen molar-refractivity contribution in [2.24, 2.45) is 0 Å². The molecule has 0 aromatic heterocycles. The van der Waals surface area contributed by atoms with Crippen molar-refractivity contribution in [1.82, 2.24) is 0 Å². The Morgan fingerprint density at radius 1 is 0.400 bits per heavy atom. The molecular formula is C61H126O21Si8. The second-order valence-corrected chi connectivity index (χ2v) is 62.3. The van der Waals surface area contributed by atoms with Crippen molar-refractivity contribution in [1.29, 1.82) is 0 Å². The van der Waals surface area contributed by atoms with Crippen LogP contribution in [0, 0.1) is 0 Å². The van der Waals surface area contributed by atoms with E-state index in [0.717, 1.165) is 12.5 Å². The lowest BCUT2D eigenvalue weighted by atomic mass is 10.1. The highest BCUT2D eigenvalue weighted by molar-refractivity contribution is 6.87. The molecule has 0 aromatic rings. The highest BCUT2D eigenvalue weighted by atomic mass is 28.5. The number of carbonyl (C=O) groups excluding carboxylic acids is 4. The van der Waals surface area contributed by atoms with E-state index >= 15 is 0 Å². The van der Waals surface area contributed by atoms with Crippen molar-refractivity contribution >= 4 is 91.0 Å². The second-order valence-electron chi connectivity index (χ2n) is 29.0. The number of hydrogen-bond donors (Lipinski definition) is 3. The van der Waals surface area contributed by atoms with Crippen molar-refractivity contribution in [3.05, 3.63) is 48.6 Å². The molecule has 29 heteroatoms. The molecule has 0 saturated heterocycles. The first-order chi connectivity index (χ1) is 40.8. The van der Waals surface area contributed by atoms with E-state index < -0.39 is 115 Å². The van der Waals surface area contributed by atoms with Crippen LogP contribution >= 0.6 is 0 Å². The number of hydrogen-bond acceptors (Lipinski definition) is 21. The van der Waals surface area contributed by atoms with E-state index in [-0.39, 0.29) is 69.6 Å². The lowest BCUT2D eigenvalue weighted by Gasteiger charge is -2.44. The first-order valence-corrected chi connectivity index (χ1v) is 56.3. The van der Waals surface area contributed by atoms with E-state index in [1.807, 2.05) is 13.5 Å². The van der Waals surface area contributed by atoms with Gasteiger partial charge in [0.05, 0.1) is 32.5 Å². The number of esters is 3. The first-order valence-electron chi connectivity index (χ1n) is 31.7. The highest BCUT2D eigenvalue weighted by Gasteiger charge is 2.45. The number of ether oxygens (including phenoxy) is 7. The van der Waals surface area contributed by atoms with Gasteiger partial charge in [0.25, 0.3) is 0 Å². The first kappa shape index (κ1) is 90.3. The van der Waals surface area contributed by atoms with Crippen LogP contribution in [0.3, 0.4) is 0 Å². The monoisotopic (exact) mass is 1420 g/mol. The van der Waals surface area contributed by atoms with Crippen molar-refractivity contribution in [2.75, 3.05) is 72.7 Å². The number of ketones is 1. The Hall–Kier alpha value is -1.78. The molecule has 0 saturated carbocycles. The van der Waals surface area contributed by atoms with Gasteiger partial charge < -0.3 is 78.2 Å². The van der Waals surface area contributed by atoms with E-state index in [1.54, 1.807) is 27.7 Å². The van der Waals surface area contributed by atoms with Crippen LogP contribution in [0.25, 0.3) is 0 Å². The molecule has 7 atom stereocenters. The summed E-state index contributed by atoms with van der Waals surface area (Å²) in [6.45, 7) is 63.1. The summed E-state index contributed by atoms with van der Waals surface area (Å²) >= 11 is 0. The minimum atomic E-state index is -2.77. The third-order valence-electron chi connectivity index (χ3n) is 11.8. The summed E-state index contributed by atoms with van der Waals surface area (Å²) in [5.74, 6) is -2.51. The van der Waals surface area contributed by atoms with Gasteiger partial charge in [0.2, 0.25) is 0 Å². The molecule has 0 bridgehead atoms. The van der Waals surface area contributed by atoms with Crippen LogP contribution in [-0.2, 0) is 82.1 Å². The topological polar surface area (TPSA) is 258 Å². The van der Waals surface area contributed by atoms with Gasteiger partial charge in [0.15, 0.2) is 47.4 Å². The lowest BCUT2D eigenvalue weighted by molar-refractivity contribution is -0.144. The summed E-state index contributed by atoms with van der Waals surface area (Å²) in [5.41, 5.74) is 1.36. The normalized spacial score (nSPS) is 16.0. The summed E-state index contributed by atoms with van der Waals surface area (Å²) in [5, 5.41) is 30.3. The molecule has 0 aliphatic carbocycles. The summed E-state index contributed by atoms with van der Waals surface area (Å²) < 4.78 is 85.2. The van der Waals surface area contributed by atoms with Crippen molar-refractivity contribution in [3.8, 4) is 0 Å². The minimum Gasteiger partial charge on any atom is -0.460 e. The zero-order chi connectivity index (χ0) is 70.2. The standard InChI is InChI=1S/C32H68O10Si5.C29H58O11Si3/c1-27(2)31(34)19-18-29(33)24-36-20-16-22-46(14,40-43(5,6)7)39-30(26-38-32(35)28(3)4)25-37-21-17-23-47(15,41-44(8,9)10)42-45(11,12)13;1-23(2)27(32)36-21-25(30)19-34-16-13-15-29(5,38-41(6,7)8)39-43(12,40-42(9,10)11)18-14-17-35-20-26(31)22-37-28(33)24(3)4/h29-30,33H,1,3,16-26H2,2,4-15H3;25-26,30-31H,1,3,13-22H2,2,4-12H3. The van der Waals surface area contributed by atoms with E-state index in [9.17, 15) is 34.5 Å². The van der Waals surface area contributed by atoms with Crippen molar-refractivity contribution in [2.45, 2.75) is 246 Å². The van der Waals surface area contributed by atoms with Gasteiger partial charge in [-0.25, -0.2) is 14.4 Å². The number of aliphatic hydroxyl groups excluding tert-OH is 3. The molecule has 0 fully saturated rings. The molecule has 0 radical (unpaired) electrons. The van der Waals surface area contributed by atoms with Gasteiger partial charge >= 0.3 is 43.6 Å². The van der Waals surface area contributed by atoms with Gasteiger partial charge in [-0.2, -0.15) is 0 Å². The van der Waals surface area contributed by atoms with Gasteiger partial charge in [-0.1, -0.05) is 26.3 Å². The molecule has 90 heavy (non-hydrogen) atoms. The maximum Gasteiger partial charge on any atom is 0.333 e. The molecule has 0 aliphatic heterocycles. The molecule has 0 aromatic carbocycles. The van der Waals surface area contributed by atoms with Gasteiger partial charge in [0.1, 0.15) is 43.9 Å². The molecule has 0 rings (SSSR count). The third kappa shape index (κ3) is 50.6. The lowest BCUT2D eigenvalue weighted by Crippen LogP contribution is -2.55. The molecule has 0 aliphatic rings. The Balaban J connectivity index is 0. The number of aliphatic hydroxyl groups is 3. The number of carbonyl (C=O) groups is 4. The van der Waals surface area contributed by atoms with Gasteiger partial charge in [-0.15, -0.1) is 0 Å². The Morgan fingerprint density at radius 2 is 0.733 bits per heavy atom. The van der Waals surface area contributed by atoms with Crippen molar-refractivity contribution < 1.29 is 97.4 Å². The maximum atomic E-state index is 12.3. The number of Topliss-reactive ketones (excluding diaryl/α,β-unsaturated/α-hetero) is 1. The molecule has 0 spiro atoms. The van der Waals surface area contributed by atoms with Crippen LogP contribution in [0.1, 0.15) is 79.6 Å². The Labute approximate surface area is 552 Å². The fraction of sp³-hybridized carbons (Fsp3) is 0.803.